The van der Waals surface area contributed by atoms with E-state index >= 15 is 0 Å². The van der Waals surface area contributed by atoms with Crippen molar-refractivity contribution in [2.75, 3.05) is 6.54 Å². The average molecular weight is 263 g/mol. The van der Waals surface area contributed by atoms with E-state index in [1.165, 1.54) is 6.92 Å². The summed E-state index contributed by atoms with van der Waals surface area (Å²) in [5, 5.41) is 11.4. The minimum atomic E-state index is -1.43. The van der Waals surface area contributed by atoms with Crippen LogP contribution in [0.2, 0.25) is 0 Å². The van der Waals surface area contributed by atoms with Crippen molar-refractivity contribution in [3.8, 4) is 0 Å². The second-order valence-electron chi connectivity index (χ2n) is 4.33. The summed E-state index contributed by atoms with van der Waals surface area (Å²) in [6.07, 6.45) is 0.686. The third-order valence-electron chi connectivity index (χ3n) is 2.77. The second kappa shape index (κ2) is 7.31. The fourth-order valence-corrected chi connectivity index (χ4v) is 1.82. The van der Waals surface area contributed by atoms with Gasteiger partial charge in [-0.15, -0.1) is 0 Å². The summed E-state index contributed by atoms with van der Waals surface area (Å²) >= 11 is 0. The molecule has 0 saturated heterocycles. The van der Waals surface area contributed by atoms with Crippen LogP contribution in [-0.4, -0.2) is 29.3 Å². The Morgan fingerprint density at radius 2 is 1.84 bits per heavy atom. The molecule has 0 spiro atoms. The number of hydrogen-bond acceptors (Lipinski definition) is 3. The van der Waals surface area contributed by atoms with Crippen LogP contribution in [-0.2, 0) is 20.8 Å². The normalized spacial score (nSPS) is 11.6. The SMILES string of the molecule is CC(=O)NCCC(Cc1ccccc1)C(=O)C(=O)O. The monoisotopic (exact) mass is 263 g/mol. The van der Waals surface area contributed by atoms with Crippen molar-refractivity contribution in [2.45, 2.75) is 19.8 Å². The van der Waals surface area contributed by atoms with Crippen molar-refractivity contribution in [2.24, 2.45) is 5.92 Å². The Kier molecular flexibility index (Phi) is 5.73. The Balaban J connectivity index is 2.66. The van der Waals surface area contributed by atoms with Gasteiger partial charge >= 0.3 is 5.97 Å². The highest BCUT2D eigenvalue weighted by Gasteiger charge is 2.24. The maximum atomic E-state index is 11.6. The molecule has 1 amide bonds. The zero-order valence-corrected chi connectivity index (χ0v) is 10.8. The van der Waals surface area contributed by atoms with Crippen molar-refractivity contribution in [3.05, 3.63) is 35.9 Å². The minimum Gasteiger partial charge on any atom is -0.475 e. The molecule has 0 saturated carbocycles. The van der Waals surface area contributed by atoms with E-state index in [1.807, 2.05) is 30.3 Å². The summed E-state index contributed by atoms with van der Waals surface area (Å²) in [7, 11) is 0. The molecule has 19 heavy (non-hydrogen) atoms. The molecule has 0 aliphatic heterocycles. The topological polar surface area (TPSA) is 83.5 Å². The number of hydrogen-bond donors (Lipinski definition) is 2. The number of carboxylic acid groups (broad SMARTS) is 1. The summed E-state index contributed by atoms with van der Waals surface area (Å²) in [5.74, 6) is -3.05. The van der Waals surface area contributed by atoms with Gasteiger partial charge in [0.15, 0.2) is 0 Å². The molecule has 0 radical (unpaired) electrons. The van der Waals surface area contributed by atoms with Gasteiger partial charge in [0.1, 0.15) is 0 Å². The van der Waals surface area contributed by atoms with Gasteiger partial charge in [-0.05, 0) is 18.4 Å². The quantitative estimate of drug-likeness (QED) is 0.719. The van der Waals surface area contributed by atoms with Gasteiger partial charge < -0.3 is 10.4 Å². The summed E-state index contributed by atoms with van der Waals surface area (Å²) < 4.78 is 0. The number of rotatable bonds is 7. The Morgan fingerprint density at radius 1 is 1.21 bits per heavy atom. The van der Waals surface area contributed by atoms with Gasteiger partial charge in [-0.1, -0.05) is 30.3 Å². The molecule has 5 nitrogen and oxygen atoms in total. The third kappa shape index (κ3) is 5.33. The Morgan fingerprint density at radius 3 is 2.37 bits per heavy atom. The number of nitrogens with one attached hydrogen (secondary N) is 1. The van der Waals surface area contributed by atoms with Crippen LogP contribution in [0.25, 0.3) is 0 Å². The lowest BCUT2D eigenvalue weighted by Crippen LogP contribution is -2.30. The molecule has 0 heterocycles. The molecular weight excluding hydrogens is 246 g/mol. The van der Waals surface area contributed by atoms with E-state index in [2.05, 4.69) is 5.32 Å². The van der Waals surface area contributed by atoms with Crippen LogP contribution in [0.3, 0.4) is 0 Å². The van der Waals surface area contributed by atoms with E-state index in [0.29, 0.717) is 19.4 Å². The average Bonchev–Trinajstić information content (AvgIpc) is 2.37. The summed E-state index contributed by atoms with van der Waals surface area (Å²) in [5.41, 5.74) is 0.907. The molecule has 1 unspecified atom stereocenters. The van der Waals surface area contributed by atoms with E-state index in [1.54, 1.807) is 0 Å². The van der Waals surface area contributed by atoms with Crippen LogP contribution in [0.4, 0.5) is 0 Å². The number of ketones is 1. The summed E-state index contributed by atoms with van der Waals surface area (Å²) in [6, 6.07) is 9.23. The van der Waals surface area contributed by atoms with E-state index < -0.39 is 17.7 Å². The molecule has 1 rings (SSSR count). The Bertz CT molecular complexity index is 456. The number of Topliss-reactive ketones (excluding diaryl/α,β-unsaturated/α-hetero) is 1. The maximum absolute atomic E-state index is 11.6. The highest BCUT2D eigenvalue weighted by atomic mass is 16.4. The Hall–Kier alpha value is -2.17. The molecule has 0 aliphatic carbocycles. The molecule has 1 aromatic rings. The van der Waals surface area contributed by atoms with Crippen molar-refractivity contribution < 1.29 is 19.5 Å². The van der Waals surface area contributed by atoms with Crippen LogP contribution >= 0.6 is 0 Å². The largest absolute Gasteiger partial charge is 0.475 e. The predicted molar refractivity (Wildman–Crippen MR) is 69.6 cm³/mol. The summed E-state index contributed by atoms with van der Waals surface area (Å²) in [4.78, 5) is 33.2. The number of amides is 1. The number of carbonyl (C=O) groups excluding carboxylic acids is 2. The lowest BCUT2D eigenvalue weighted by Gasteiger charge is -2.13. The van der Waals surface area contributed by atoms with Gasteiger partial charge in [-0.3, -0.25) is 9.59 Å². The van der Waals surface area contributed by atoms with Gasteiger partial charge in [0.05, 0.1) is 0 Å². The summed E-state index contributed by atoms with van der Waals surface area (Å²) in [6.45, 7) is 1.68. The molecular formula is C14H17NO4. The molecule has 0 fully saturated rings. The van der Waals surface area contributed by atoms with E-state index in [9.17, 15) is 14.4 Å². The molecule has 102 valence electrons. The van der Waals surface area contributed by atoms with Crippen molar-refractivity contribution in [1.82, 2.24) is 5.32 Å². The first-order chi connectivity index (χ1) is 9.00. The van der Waals surface area contributed by atoms with Crippen molar-refractivity contribution in [3.63, 3.8) is 0 Å². The van der Waals surface area contributed by atoms with Gasteiger partial charge in [0.25, 0.3) is 0 Å². The van der Waals surface area contributed by atoms with Gasteiger partial charge in [-0.25, -0.2) is 4.79 Å². The Labute approximate surface area is 111 Å². The van der Waals surface area contributed by atoms with Crippen LogP contribution in [0, 0.1) is 5.92 Å². The molecule has 1 aromatic carbocycles. The molecule has 2 N–H and O–H groups in total. The highest BCUT2D eigenvalue weighted by molar-refractivity contribution is 6.33. The van der Waals surface area contributed by atoms with Crippen molar-refractivity contribution in [1.29, 1.82) is 0 Å². The van der Waals surface area contributed by atoms with Crippen molar-refractivity contribution >= 4 is 17.7 Å². The fourth-order valence-electron chi connectivity index (χ4n) is 1.82. The standard InChI is InChI=1S/C14H17NO4/c1-10(16)15-8-7-12(13(17)14(18)19)9-11-5-3-2-4-6-11/h2-6,12H,7-9H2,1H3,(H,15,16)(H,18,19). The fraction of sp³-hybridized carbons (Fsp3) is 0.357. The number of carboxylic acids is 1. The third-order valence-corrected chi connectivity index (χ3v) is 2.77. The maximum Gasteiger partial charge on any atom is 0.372 e. The first kappa shape index (κ1) is 14.9. The molecule has 0 aliphatic rings. The zero-order valence-electron chi connectivity index (χ0n) is 10.8. The van der Waals surface area contributed by atoms with Gasteiger partial charge in [0.2, 0.25) is 11.7 Å². The first-order valence-corrected chi connectivity index (χ1v) is 6.06. The second-order valence-corrected chi connectivity index (χ2v) is 4.33. The lowest BCUT2D eigenvalue weighted by molar-refractivity contribution is -0.151. The molecule has 5 heteroatoms. The predicted octanol–water partition coefficient (Wildman–Crippen LogP) is 1.03. The smallest absolute Gasteiger partial charge is 0.372 e. The van der Waals surface area contributed by atoms with E-state index in [4.69, 9.17) is 5.11 Å². The highest BCUT2D eigenvalue weighted by Crippen LogP contribution is 2.13. The van der Waals surface area contributed by atoms with Crippen LogP contribution < -0.4 is 5.32 Å². The number of aliphatic carboxylic acids is 1. The van der Waals surface area contributed by atoms with Crippen LogP contribution in [0.5, 0.6) is 0 Å². The van der Waals surface area contributed by atoms with Gasteiger partial charge in [-0.2, -0.15) is 0 Å². The van der Waals surface area contributed by atoms with E-state index in [-0.39, 0.29) is 5.91 Å². The lowest BCUT2D eigenvalue weighted by atomic mass is 9.92. The molecule has 0 aromatic heterocycles. The first-order valence-electron chi connectivity index (χ1n) is 6.06. The van der Waals surface area contributed by atoms with Crippen LogP contribution in [0.1, 0.15) is 18.9 Å². The zero-order chi connectivity index (χ0) is 14.3. The van der Waals surface area contributed by atoms with E-state index in [0.717, 1.165) is 5.56 Å². The van der Waals surface area contributed by atoms with Crippen LogP contribution in [0.15, 0.2) is 30.3 Å². The number of benzene rings is 1. The molecule has 1 atom stereocenters. The number of carbonyl (C=O) groups is 3. The van der Waals surface area contributed by atoms with Gasteiger partial charge in [0, 0.05) is 19.4 Å². The minimum absolute atomic E-state index is 0.193. The molecule has 0 bridgehead atoms.